The Morgan fingerprint density at radius 3 is 2.27 bits per heavy atom. The van der Waals surface area contributed by atoms with Crippen LogP contribution in [-0.2, 0) is 25.8 Å². The van der Waals surface area contributed by atoms with Crippen molar-refractivity contribution in [3.8, 4) is 0 Å². The number of imide groups is 2. The molecule has 1 spiro atoms. The summed E-state index contributed by atoms with van der Waals surface area (Å²) in [6, 6.07) is 10.4. The van der Waals surface area contributed by atoms with Gasteiger partial charge in [0.05, 0.1) is 27.9 Å². The number of carbonyl (C=O) groups is 6. The molecule has 4 N–H and O–H groups in total. The second-order valence-electron chi connectivity index (χ2n) is 16.4. The van der Waals surface area contributed by atoms with Crippen LogP contribution in [0.1, 0.15) is 93.8 Å². The molecule has 4 fully saturated rings. The number of piperidine rings is 4. The van der Waals surface area contributed by atoms with Crippen molar-refractivity contribution in [2.75, 3.05) is 55.3 Å². The quantitative estimate of drug-likeness (QED) is 0.278. The Labute approximate surface area is 341 Å². The lowest BCUT2D eigenvalue weighted by Crippen LogP contribution is -2.55. The van der Waals surface area contributed by atoms with E-state index in [0.717, 1.165) is 74.0 Å². The number of benzene rings is 2. The number of sulfone groups is 1. The number of rotatable bonds is 8. The minimum atomic E-state index is -3.36. The molecular weight excluding hydrogens is 779 g/mol. The van der Waals surface area contributed by atoms with E-state index < -0.39 is 45.4 Å². The number of aromatic nitrogens is 2. The monoisotopic (exact) mass is 825 g/mol. The fraction of sp³-hybridized carbons (Fsp3) is 0.463. The zero-order chi connectivity index (χ0) is 41.6. The first-order chi connectivity index (χ1) is 28.2. The first-order valence-corrected chi connectivity index (χ1v) is 21.9. The first-order valence-electron chi connectivity index (χ1n) is 20.0. The molecule has 4 saturated heterocycles. The number of urea groups is 1. The SMILES string of the molecule is CS(=O)(=O)c1ccc(Cc2nc(N3CCC[C@@H](NC(=O)N4CCC5(CC4)CCN(c4ccc6c(c4)C(=O)N(C4CCC(=O)NC4=O)C6=O)CC5)C3)cnc2C(N)=O)cc1. The molecule has 0 bridgehead atoms. The predicted molar refractivity (Wildman–Crippen MR) is 214 cm³/mol. The van der Waals surface area contributed by atoms with Crippen molar-refractivity contribution in [2.45, 2.75) is 74.8 Å². The molecule has 0 aliphatic carbocycles. The van der Waals surface area contributed by atoms with E-state index in [1.54, 1.807) is 24.3 Å². The average Bonchev–Trinajstić information content (AvgIpc) is 3.46. The third kappa shape index (κ3) is 8.09. The summed E-state index contributed by atoms with van der Waals surface area (Å²) < 4.78 is 23.8. The van der Waals surface area contributed by atoms with Gasteiger partial charge in [-0.25, -0.2) is 23.2 Å². The van der Waals surface area contributed by atoms with Gasteiger partial charge in [-0.3, -0.25) is 34.2 Å². The second-order valence-corrected chi connectivity index (χ2v) is 18.4. The lowest BCUT2D eigenvalue weighted by molar-refractivity contribution is -0.136. The minimum Gasteiger partial charge on any atom is -0.371 e. The topological polar surface area (TPSA) is 225 Å². The number of carbonyl (C=O) groups excluding carboxylic acids is 6. The molecule has 17 nitrogen and oxygen atoms in total. The van der Waals surface area contributed by atoms with Gasteiger partial charge >= 0.3 is 6.03 Å². The Morgan fingerprint density at radius 1 is 0.898 bits per heavy atom. The smallest absolute Gasteiger partial charge is 0.317 e. The average molecular weight is 826 g/mol. The third-order valence-corrected chi connectivity index (χ3v) is 13.7. The van der Waals surface area contributed by atoms with E-state index >= 15 is 0 Å². The lowest BCUT2D eigenvalue weighted by Gasteiger charge is -2.47. The normalized spacial score (nSPS) is 22.1. The zero-order valence-corrected chi connectivity index (χ0v) is 33.6. The van der Waals surface area contributed by atoms with Crippen LogP contribution in [0.3, 0.4) is 0 Å². The third-order valence-electron chi connectivity index (χ3n) is 12.6. The molecule has 5 aliphatic rings. The van der Waals surface area contributed by atoms with E-state index in [4.69, 9.17) is 10.7 Å². The molecule has 2 atom stereocenters. The van der Waals surface area contributed by atoms with Crippen LogP contribution >= 0.6 is 0 Å². The van der Waals surface area contributed by atoms with E-state index in [9.17, 15) is 37.2 Å². The Bertz CT molecular complexity index is 2340. The summed E-state index contributed by atoms with van der Waals surface area (Å²) >= 11 is 0. The molecule has 0 saturated carbocycles. The molecular formula is C41H47N9O8S. The van der Waals surface area contributed by atoms with Gasteiger partial charge in [0.2, 0.25) is 11.8 Å². The summed E-state index contributed by atoms with van der Waals surface area (Å²) in [5.74, 6) is -2.22. The van der Waals surface area contributed by atoms with E-state index in [1.165, 1.54) is 18.3 Å². The van der Waals surface area contributed by atoms with Crippen LogP contribution in [0, 0.1) is 5.41 Å². The fourth-order valence-electron chi connectivity index (χ4n) is 9.09. The highest BCUT2D eigenvalue weighted by atomic mass is 32.2. The summed E-state index contributed by atoms with van der Waals surface area (Å²) in [7, 11) is -3.36. The zero-order valence-electron chi connectivity index (χ0n) is 32.8. The van der Waals surface area contributed by atoms with E-state index in [1.807, 2.05) is 15.9 Å². The summed E-state index contributed by atoms with van der Waals surface area (Å²) in [6.07, 6.45) is 8.31. The van der Waals surface area contributed by atoms with Crippen LogP contribution < -0.4 is 26.2 Å². The number of nitrogens with two attached hydrogens (primary N) is 1. The standard InChI is InChI=1S/C41H47N9O8S/c1-59(57,58)28-7-4-25(5-8-28)21-31-35(36(42)52)43-23-33(45-31)49-16-2-3-26(24-49)44-40(56)48-19-14-41(15-20-48)12-17-47(18-13-41)27-6-9-29-30(22-27)39(55)50(38(29)54)32-10-11-34(51)46-37(32)53/h4-9,22-23,26,32H,2-3,10-21,24H2,1H3,(H2,42,52)(H,44,56)(H,46,51,53)/t26-,32?/m1/s1. The number of likely N-dealkylation sites (tertiary alicyclic amines) is 1. The highest BCUT2D eigenvalue weighted by molar-refractivity contribution is 7.90. The highest BCUT2D eigenvalue weighted by Crippen LogP contribution is 2.43. The van der Waals surface area contributed by atoms with Gasteiger partial charge in [-0.05, 0) is 86.3 Å². The van der Waals surface area contributed by atoms with Crippen LogP contribution in [-0.4, -0.2) is 121 Å². The number of amides is 7. The molecule has 0 radical (unpaired) electrons. The number of nitrogens with one attached hydrogen (secondary N) is 2. The maximum Gasteiger partial charge on any atom is 0.317 e. The minimum absolute atomic E-state index is 0.0499. The van der Waals surface area contributed by atoms with E-state index in [0.29, 0.717) is 37.7 Å². The van der Waals surface area contributed by atoms with Gasteiger partial charge in [-0.15, -0.1) is 0 Å². The molecule has 7 amide bonds. The molecule has 2 aromatic carbocycles. The maximum atomic E-state index is 13.6. The van der Waals surface area contributed by atoms with Gasteiger partial charge < -0.3 is 25.8 Å². The number of hydrogen-bond acceptors (Lipinski definition) is 12. The highest BCUT2D eigenvalue weighted by Gasteiger charge is 2.45. The van der Waals surface area contributed by atoms with Gasteiger partial charge in [0, 0.05) is 70.1 Å². The Hall–Kier alpha value is -5.91. The van der Waals surface area contributed by atoms with Crippen molar-refractivity contribution in [1.82, 2.24) is 30.4 Å². The fourth-order valence-corrected chi connectivity index (χ4v) is 9.72. The number of anilines is 2. The first kappa shape index (κ1) is 39.9. The lowest BCUT2D eigenvalue weighted by atomic mass is 9.71. The van der Waals surface area contributed by atoms with Crippen LogP contribution in [0.2, 0.25) is 0 Å². The Morgan fingerprint density at radius 2 is 1.59 bits per heavy atom. The maximum absolute atomic E-state index is 13.6. The van der Waals surface area contributed by atoms with Crippen molar-refractivity contribution < 1.29 is 37.2 Å². The van der Waals surface area contributed by atoms with Gasteiger partial charge in [0.15, 0.2) is 9.84 Å². The van der Waals surface area contributed by atoms with Crippen molar-refractivity contribution in [3.63, 3.8) is 0 Å². The largest absolute Gasteiger partial charge is 0.371 e. The van der Waals surface area contributed by atoms with Crippen molar-refractivity contribution >= 4 is 56.9 Å². The van der Waals surface area contributed by atoms with Crippen LogP contribution in [0.5, 0.6) is 0 Å². The van der Waals surface area contributed by atoms with Crippen molar-refractivity contribution in [2.24, 2.45) is 11.1 Å². The van der Waals surface area contributed by atoms with Gasteiger partial charge in [0.25, 0.3) is 17.7 Å². The van der Waals surface area contributed by atoms with Crippen molar-refractivity contribution in [3.05, 3.63) is 76.7 Å². The van der Waals surface area contributed by atoms with Crippen molar-refractivity contribution in [1.29, 1.82) is 0 Å². The molecule has 3 aromatic rings. The Balaban J connectivity index is 0.837. The van der Waals surface area contributed by atoms with E-state index in [-0.39, 0.29) is 58.5 Å². The number of fused-ring (bicyclic) bond motifs is 1. The van der Waals surface area contributed by atoms with Crippen LogP contribution in [0.25, 0.3) is 0 Å². The van der Waals surface area contributed by atoms with Gasteiger partial charge in [-0.2, -0.15) is 0 Å². The summed E-state index contributed by atoms with van der Waals surface area (Å²) in [5, 5.41) is 5.47. The van der Waals surface area contributed by atoms with Gasteiger partial charge in [0.1, 0.15) is 17.6 Å². The predicted octanol–water partition coefficient (Wildman–Crippen LogP) is 2.03. The number of primary amides is 1. The van der Waals surface area contributed by atoms with Gasteiger partial charge in [-0.1, -0.05) is 12.1 Å². The molecule has 59 heavy (non-hydrogen) atoms. The molecule has 1 unspecified atom stereocenters. The second kappa shape index (κ2) is 15.7. The molecule has 1 aromatic heterocycles. The summed E-state index contributed by atoms with van der Waals surface area (Å²) in [4.78, 5) is 92.9. The Kier molecular flexibility index (Phi) is 10.6. The molecule has 18 heteroatoms. The summed E-state index contributed by atoms with van der Waals surface area (Å²) in [5.41, 5.74) is 8.30. The van der Waals surface area contributed by atoms with Crippen LogP contribution in [0.4, 0.5) is 16.3 Å². The number of hydrogen-bond donors (Lipinski definition) is 3. The molecule has 8 rings (SSSR count). The molecule has 6 heterocycles. The molecule has 5 aliphatic heterocycles. The summed E-state index contributed by atoms with van der Waals surface area (Å²) in [6.45, 7) is 4.03. The molecule has 310 valence electrons. The van der Waals surface area contributed by atoms with E-state index in [2.05, 4.69) is 20.5 Å². The van der Waals surface area contributed by atoms with Crippen LogP contribution in [0.15, 0.2) is 53.6 Å². The number of nitrogens with zero attached hydrogens (tertiary/aromatic N) is 6.